The van der Waals surface area contributed by atoms with Gasteiger partial charge in [-0.25, -0.2) is 4.79 Å². The minimum absolute atomic E-state index is 0.00173. The minimum Gasteiger partial charge on any atom is -0.444 e. The first kappa shape index (κ1) is 29.9. The fourth-order valence-corrected chi connectivity index (χ4v) is 10.5. The lowest BCUT2D eigenvalue weighted by molar-refractivity contribution is -0.139. The van der Waals surface area contributed by atoms with E-state index < -0.39 is 17.7 Å². The summed E-state index contributed by atoms with van der Waals surface area (Å²) < 4.78 is 5.61. The van der Waals surface area contributed by atoms with Crippen LogP contribution in [0, 0.1) is 40.4 Å². The van der Waals surface area contributed by atoms with Crippen LogP contribution in [0.1, 0.15) is 99.8 Å². The molecule has 5 rings (SSSR count). The highest BCUT2D eigenvalue weighted by Gasteiger charge is 2.64. The SMILES string of the molecule is CC(C)[C@H](C(=O)N(C)[C@H]1CC[C@@]2(C)C(=CC[C@@H]3C2CC[C@]24CN(C)[C@@H](C)[C@H]2CC[C@@H]34)C1)N(C)C(=O)OC(C)(C)C. The Balaban J connectivity index is 1.30. The molecule has 0 aromatic carbocycles. The molecule has 0 aromatic rings. The van der Waals surface area contributed by atoms with Crippen molar-refractivity contribution in [2.24, 2.45) is 40.4 Å². The maximum atomic E-state index is 13.9. The van der Waals surface area contributed by atoms with E-state index >= 15 is 0 Å². The number of hydrogen-bond acceptors (Lipinski definition) is 4. The summed E-state index contributed by atoms with van der Waals surface area (Å²) >= 11 is 0. The van der Waals surface area contributed by atoms with Gasteiger partial charge >= 0.3 is 6.09 Å². The molecule has 1 saturated heterocycles. The zero-order chi connectivity index (χ0) is 29.4. The lowest BCUT2D eigenvalue weighted by Gasteiger charge is -2.58. The van der Waals surface area contributed by atoms with Crippen LogP contribution in [0.2, 0.25) is 0 Å². The van der Waals surface area contributed by atoms with Crippen molar-refractivity contribution in [1.29, 1.82) is 0 Å². The molecule has 0 bridgehead atoms. The number of nitrogens with zero attached hydrogens (tertiary/aromatic N) is 3. The van der Waals surface area contributed by atoms with Crippen molar-refractivity contribution in [1.82, 2.24) is 14.7 Å². The van der Waals surface area contributed by atoms with Crippen LogP contribution in [0.3, 0.4) is 0 Å². The predicted molar refractivity (Wildman–Crippen MR) is 161 cm³/mol. The summed E-state index contributed by atoms with van der Waals surface area (Å²) in [4.78, 5) is 32.9. The van der Waals surface area contributed by atoms with Gasteiger partial charge in [0.05, 0.1) is 0 Å². The van der Waals surface area contributed by atoms with Crippen molar-refractivity contribution in [2.75, 3.05) is 27.7 Å². The number of carbonyl (C=O) groups is 2. The van der Waals surface area contributed by atoms with Gasteiger partial charge in [0, 0.05) is 32.7 Å². The van der Waals surface area contributed by atoms with Gasteiger partial charge in [-0.1, -0.05) is 32.4 Å². The molecule has 0 aromatic heterocycles. The molecule has 40 heavy (non-hydrogen) atoms. The van der Waals surface area contributed by atoms with Gasteiger partial charge in [-0.3, -0.25) is 9.69 Å². The molecule has 1 spiro atoms. The highest BCUT2D eigenvalue weighted by Crippen LogP contribution is 2.68. The number of likely N-dealkylation sites (tertiary alicyclic amines) is 1. The Hall–Kier alpha value is -1.56. The number of amides is 2. The number of rotatable bonds is 4. The molecule has 3 saturated carbocycles. The maximum Gasteiger partial charge on any atom is 0.410 e. The van der Waals surface area contributed by atoms with E-state index in [1.165, 1.54) is 43.5 Å². The molecule has 4 aliphatic carbocycles. The number of allylic oxidation sites excluding steroid dienone is 1. The van der Waals surface area contributed by atoms with Crippen molar-refractivity contribution in [2.45, 2.75) is 124 Å². The molecule has 0 N–H and O–H groups in total. The first-order chi connectivity index (χ1) is 18.6. The van der Waals surface area contributed by atoms with Crippen molar-refractivity contribution in [3.8, 4) is 0 Å². The summed E-state index contributed by atoms with van der Waals surface area (Å²) in [6, 6.07) is 0.390. The van der Waals surface area contributed by atoms with Crippen LogP contribution in [0.5, 0.6) is 0 Å². The van der Waals surface area contributed by atoms with E-state index in [0.29, 0.717) is 5.41 Å². The third-order valence-corrected chi connectivity index (χ3v) is 12.6. The smallest absolute Gasteiger partial charge is 0.410 e. The largest absolute Gasteiger partial charge is 0.444 e. The van der Waals surface area contributed by atoms with Crippen LogP contribution in [0.15, 0.2) is 11.6 Å². The van der Waals surface area contributed by atoms with Gasteiger partial charge in [-0.2, -0.15) is 0 Å². The second kappa shape index (κ2) is 10.3. The van der Waals surface area contributed by atoms with Crippen molar-refractivity contribution in [3.05, 3.63) is 11.6 Å². The number of fused-ring (bicyclic) bond motifs is 4. The van der Waals surface area contributed by atoms with Crippen molar-refractivity contribution >= 4 is 12.0 Å². The van der Waals surface area contributed by atoms with Gasteiger partial charge in [-0.05, 0) is 127 Å². The average molecular weight is 556 g/mol. The third kappa shape index (κ3) is 4.72. The summed E-state index contributed by atoms with van der Waals surface area (Å²) in [7, 11) is 6.02. The molecule has 9 atom stereocenters. The second-order valence-corrected chi connectivity index (χ2v) is 16.0. The van der Waals surface area contributed by atoms with Crippen LogP contribution in [-0.4, -0.2) is 78.1 Å². The lowest BCUT2D eigenvalue weighted by Crippen LogP contribution is -2.56. The maximum absolute atomic E-state index is 13.9. The van der Waals surface area contributed by atoms with Gasteiger partial charge in [-0.15, -0.1) is 0 Å². The Morgan fingerprint density at radius 1 is 1.05 bits per heavy atom. The van der Waals surface area contributed by atoms with E-state index in [0.717, 1.165) is 49.0 Å². The Kier molecular flexibility index (Phi) is 7.71. The van der Waals surface area contributed by atoms with Gasteiger partial charge in [0.15, 0.2) is 0 Å². The predicted octanol–water partition coefficient (Wildman–Crippen LogP) is 6.60. The second-order valence-electron chi connectivity index (χ2n) is 16.0. The highest BCUT2D eigenvalue weighted by atomic mass is 16.6. The number of carbonyl (C=O) groups excluding carboxylic acids is 2. The zero-order valence-electron chi connectivity index (χ0n) is 27.1. The van der Waals surface area contributed by atoms with E-state index in [-0.39, 0.29) is 23.3 Å². The molecule has 1 aliphatic heterocycles. The van der Waals surface area contributed by atoms with E-state index in [4.69, 9.17) is 4.74 Å². The molecular formula is C34H57N3O3. The van der Waals surface area contributed by atoms with E-state index in [2.05, 4.69) is 31.9 Å². The van der Waals surface area contributed by atoms with Crippen molar-refractivity contribution in [3.63, 3.8) is 0 Å². The standard InChI is InChI=1S/C34H57N3O3/c1-21(2)29(37(10)31(39)40-32(4,5)6)30(38)36(9)24-15-17-33(7)23(19-24)11-12-25-27(33)16-18-34-20-35(8)22(3)26(34)13-14-28(25)34/h11,21-22,24-29H,12-20H2,1-10H3/t22-,24-,25+,26+,27?,28-,29+,33-,34-/m0/s1. The molecule has 1 unspecified atom stereocenters. The van der Waals surface area contributed by atoms with Gasteiger partial charge in [0.2, 0.25) is 5.91 Å². The monoisotopic (exact) mass is 555 g/mol. The molecule has 5 aliphatic rings. The van der Waals surface area contributed by atoms with E-state index in [1.54, 1.807) is 12.6 Å². The molecule has 1 heterocycles. The molecule has 226 valence electrons. The topological polar surface area (TPSA) is 53.1 Å². The summed E-state index contributed by atoms with van der Waals surface area (Å²) in [6.45, 7) is 16.0. The Morgan fingerprint density at radius 3 is 2.38 bits per heavy atom. The van der Waals surface area contributed by atoms with Crippen LogP contribution < -0.4 is 0 Å². The molecule has 6 nitrogen and oxygen atoms in total. The van der Waals surface area contributed by atoms with Gasteiger partial charge in [0.1, 0.15) is 11.6 Å². The normalized spacial score (nSPS) is 39.9. The van der Waals surface area contributed by atoms with E-state index in [1.807, 2.05) is 46.6 Å². The molecular weight excluding hydrogens is 498 g/mol. The van der Waals surface area contributed by atoms with Crippen LogP contribution in [0.4, 0.5) is 4.79 Å². The fourth-order valence-electron chi connectivity index (χ4n) is 10.5. The van der Waals surface area contributed by atoms with Crippen LogP contribution in [0.25, 0.3) is 0 Å². The fraction of sp³-hybridized carbons (Fsp3) is 0.882. The first-order valence-corrected chi connectivity index (χ1v) is 16.2. The summed E-state index contributed by atoms with van der Waals surface area (Å²) in [5, 5.41) is 0. The van der Waals surface area contributed by atoms with Gasteiger partial charge in [0.25, 0.3) is 0 Å². The molecule has 2 amide bonds. The quantitative estimate of drug-likeness (QED) is 0.367. The molecule has 0 radical (unpaired) electrons. The Labute approximate surface area is 244 Å². The van der Waals surface area contributed by atoms with E-state index in [9.17, 15) is 9.59 Å². The van der Waals surface area contributed by atoms with Crippen LogP contribution in [-0.2, 0) is 9.53 Å². The van der Waals surface area contributed by atoms with Gasteiger partial charge < -0.3 is 14.5 Å². The first-order valence-electron chi connectivity index (χ1n) is 16.2. The number of hydrogen-bond donors (Lipinski definition) is 0. The van der Waals surface area contributed by atoms with Crippen LogP contribution >= 0.6 is 0 Å². The van der Waals surface area contributed by atoms with Crippen molar-refractivity contribution < 1.29 is 14.3 Å². The third-order valence-electron chi connectivity index (χ3n) is 12.6. The minimum atomic E-state index is -0.592. The molecule has 6 heteroatoms. The Bertz CT molecular complexity index is 1030. The Morgan fingerprint density at radius 2 is 1.73 bits per heavy atom. The summed E-state index contributed by atoms with van der Waals surface area (Å²) in [5.74, 6) is 3.42. The number of likely N-dealkylation sites (N-methyl/N-ethyl adjacent to an activating group) is 2. The zero-order valence-corrected chi connectivity index (χ0v) is 27.1. The summed E-state index contributed by atoms with van der Waals surface area (Å²) in [5.41, 5.74) is 1.84. The lowest BCUT2D eigenvalue weighted by atomic mass is 9.47. The average Bonchev–Trinajstić information content (AvgIpc) is 3.35. The summed E-state index contributed by atoms with van der Waals surface area (Å²) in [6.07, 6.45) is 12.2. The number of ether oxygens (including phenoxy) is 1. The highest BCUT2D eigenvalue weighted by molar-refractivity contribution is 5.86. The molecule has 4 fully saturated rings.